The number of esters is 1. The van der Waals surface area contributed by atoms with Crippen molar-refractivity contribution >= 4 is 11.9 Å². The fraction of sp³-hybridized carbons (Fsp3) is 0.294. The SMILES string of the molecule is CN(C)[C@@H](C(=O)OCC(=O)NCc1ccco1)c1c(F)cccc1F. The van der Waals surface area contributed by atoms with Gasteiger partial charge in [0.25, 0.3) is 5.91 Å². The van der Waals surface area contributed by atoms with Crippen LogP contribution in [0.5, 0.6) is 0 Å². The van der Waals surface area contributed by atoms with Crippen LogP contribution in [0.1, 0.15) is 17.4 Å². The average molecular weight is 352 g/mol. The first-order valence-corrected chi connectivity index (χ1v) is 7.46. The van der Waals surface area contributed by atoms with E-state index in [4.69, 9.17) is 9.15 Å². The van der Waals surface area contributed by atoms with Crippen LogP contribution in [-0.2, 0) is 20.9 Å². The molecule has 0 bridgehead atoms. The summed E-state index contributed by atoms with van der Waals surface area (Å²) in [6, 6.07) is 5.35. The highest BCUT2D eigenvalue weighted by Crippen LogP contribution is 2.25. The van der Waals surface area contributed by atoms with Crippen molar-refractivity contribution in [1.82, 2.24) is 10.2 Å². The summed E-state index contributed by atoms with van der Waals surface area (Å²) in [4.78, 5) is 25.3. The summed E-state index contributed by atoms with van der Waals surface area (Å²) < 4.78 is 37.8. The Morgan fingerprint density at radius 2 is 1.88 bits per heavy atom. The molecule has 134 valence electrons. The number of benzene rings is 1. The number of hydrogen-bond acceptors (Lipinski definition) is 5. The Kier molecular flexibility index (Phi) is 6.24. The van der Waals surface area contributed by atoms with Crippen molar-refractivity contribution in [2.45, 2.75) is 12.6 Å². The number of hydrogen-bond donors (Lipinski definition) is 1. The van der Waals surface area contributed by atoms with Crippen LogP contribution >= 0.6 is 0 Å². The van der Waals surface area contributed by atoms with E-state index in [1.165, 1.54) is 31.3 Å². The Morgan fingerprint density at radius 3 is 2.44 bits per heavy atom. The predicted molar refractivity (Wildman–Crippen MR) is 84.3 cm³/mol. The standard InChI is InChI=1S/C17H18F2N2O4/c1-21(2)16(15-12(18)6-3-7-13(15)19)17(23)25-10-14(22)20-9-11-5-4-8-24-11/h3-8,16H,9-10H2,1-2H3,(H,20,22)/t16-/m1/s1. The lowest BCUT2D eigenvalue weighted by molar-refractivity contribution is -0.153. The first-order chi connectivity index (χ1) is 11.9. The van der Waals surface area contributed by atoms with Crippen LogP contribution in [0, 0.1) is 11.6 Å². The minimum Gasteiger partial charge on any atom is -0.467 e. The zero-order chi connectivity index (χ0) is 18.4. The van der Waals surface area contributed by atoms with Crippen molar-refractivity contribution in [2.75, 3.05) is 20.7 Å². The Balaban J connectivity index is 1.98. The molecule has 0 spiro atoms. The van der Waals surface area contributed by atoms with Gasteiger partial charge in [-0.2, -0.15) is 0 Å². The number of carbonyl (C=O) groups excluding carboxylic acids is 2. The molecule has 2 aromatic rings. The summed E-state index contributed by atoms with van der Waals surface area (Å²) in [6.07, 6.45) is 1.46. The van der Waals surface area contributed by atoms with Crippen LogP contribution in [-0.4, -0.2) is 37.5 Å². The number of furan rings is 1. The molecule has 25 heavy (non-hydrogen) atoms. The highest BCUT2D eigenvalue weighted by atomic mass is 19.1. The molecule has 0 aliphatic rings. The normalized spacial score (nSPS) is 12.0. The minimum atomic E-state index is -1.31. The van der Waals surface area contributed by atoms with Crippen molar-refractivity contribution in [1.29, 1.82) is 0 Å². The van der Waals surface area contributed by atoms with Crippen LogP contribution in [0.15, 0.2) is 41.0 Å². The van der Waals surface area contributed by atoms with Crippen LogP contribution in [0.4, 0.5) is 8.78 Å². The Hall–Kier alpha value is -2.74. The molecule has 0 saturated heterocycles. The molecule has 0 unspecified atom stereocenters. The van der Waals surface area contributed by atoms with E-state index in [1.54, 1.807) is 12.1 Å². The number of likely N-dealkylation sites (N-methyl/N-ethyl adjacent to an activating group) is 1. The monoisotopic (exact) mass is 352 g/mol. The fourth-order valence-corrected chi connectivity index (χ4v) is 2.22. The Labute approximate surface area is 143 Å². The second kappa shape index (κ2) is 8.39. The number of nitrogens with one attached hydrogen (secondary N) is 1. The van der Waals surface area contributed by atoms with Gasteiger partial charge in [-0.25, -0.2) is 13.6 Å². The Bertz CT molecular complexity index is 712. The van der Waals surface area contributed by atoms with Gasteiger partial charge < -0.3 is 14.5 Å². The first kappa shape index (κ1) is 18.6. The lowest BCUT2D eigenvalue weighted by Gasteiger charge is -2.23. The number of halogens is 2. The highest BCUT2D eigenvalue weighted by molar-refractivity contribution is 5.83. The van der Waals surface area contributed by atoms with Gasteiger partial charge in [-0.15, -0.1) is 0 Å². The molecule has 1 heterocycles. The molecule has 1 atom stereocenters. The maximum Gasteiger partial charge on any atom is 0.328 e. The average Bonchev–Trinajstić information content (AvgIpc) is 3.07. The third-order valence-electron chi connectivity index (χ3n) is 3.40. The number of rotatable bonds is 7. The second-order valence-electron chi connectivity index (χ2n) is 5.47. The van der Waals surface area contributed by atoms with Crippen molar-refractivity contribution in [2.24, 2.45) is 0 Å². The van der Waals surface area contributed by atoms with Crippen molar-refractivity contribution in [3.63, 3.8) is 0 Å². The topological polar surface area (TPSA) is 71.8 Å². The molecule has 0 fully saturated rings. The van der Waals surface area contributed by atoms with Crippen molar-refractivity contribution < 1.29 is 27.5 Å². The molecular weight excluding hydrogens is 334 g/mol. The number of carbonyl (C=O) groups is 2. The van der Waals surface area contributed by atoms with Gasteiger partial charge in [0.1, 0.15) is 23.4 Å². The number of ether oxygens (including phenoxy) is 1. The van der Waals surface area contributed by atoms with Crippen LogP contribution in [0.25, 0.3) is 0 Å². The lowest BCUT2D eigenvalue weighted by Crippen LogP contribution is -2.34. The van der Waals surface area contributed by atoms with Gasteiger partial charge in [0.2, 0.25) is 0 Å². The quantitative estimate of drug-likeness (QED) is 0.772. The molecule has 0 aliphatic heterocycles. The number of amides is 1. The van der Waals surface area contributed by atoms with Crippen molar-refractivity contribution in [3.8, 4) is 0 Å². The maximum atomic E-state index is 13.9. The molecular formula is C17H18F2N2O4. The predicted octanol–water partition coefficient (Wildman–Crippen LogP) is 2.02. The molecule has 6 nitrogen and oxygen atoms in total. The van der Waals surface area contributed by atoms with Gasteiger partial charge in [0, 0.05) is 0 Å². The van der Waals surface area contributed by atoms with E-state index in [2.05, 4.69) is 5.32 Å². The highest BCUT2D eigenvalue weighted by Gasteiger charge is 2.30. The summed E-state index contributed by atoms with van der Waals surface area (Å²) in [7, 11) is 2.96. The van der Waals surface area contributed by atoms with E-state index < -0.39 is 41.7 Å². The van der Waals surface area contributed by atoms with E-state index in [-0.39, 0.29) is 6.54 Å². The summed E-state index contributed by atoms with van der Waals surface area (Å²) in [6.45, 7) is -0.428. The Morgan fingerprint density at radius 1 is 1.20 bits per heavy atom. The van der Waals surface area contributed by atoms with E-state index >= 15 is 0 Å². The zero-order valence-electron chi connectivity index (χ0n) is 13.8. The van der Waals surface area contributed by atoms with Gasteiger partial charge >= 0.3 is 5.97 Å². The van der Waals surface area contributed by atoms with Gasteiger partial charge in [0.15, 0.2) is 6.61 Å². The smallest absolute Gasteiger partial charge is 0.328 e. The summed E-state index contributed by atoms with van der Waals surface area (Å²) >= 11 is 0. The largest absolute Gasteiger partial charge is 0.467 e. The maximum absolute atomic E-state index is 13.9. The van der Waals surface area contributed by atoms with Crippen LogP contribution < -0.4 is 5.32 Å². The lowest BCUT2D eigenvalue weighted by atomic mass is 10.0. The van der Waals surface area contributed by atoms with E-state index in [0.717, 1.165) is 12.1 Å². The third kappa shape index (κ3) is 4.87. The second-order valence-corrected chi connectivity index (χ2v) is 5.47. The molecule has 1 N–H and O–H groups in total. The molecule has 0 aliphatic carbocycles. The molecule has 1 amide bonds. The van der Waals surface area contributed by atoms with Crippen LogP contribution in [0.3, 0.4) is 0 Å². The van der Waals surface area contributed by atoms with Crippen molar-refractivity contribution in [3.05, 3.63) is 59.6 Å². The van der Waals surface area contributed by atoms with Gasteiger partial charge in [-0.3, -0.25) is 9.69 Å². The van der Waals surface area contributed by atoms with Gasteiger partial charge in [0.05, 0.1) is 18.4 Å². The van der Waals surface area contributed by atoms with E-state index in [1.807, 2.05) is 0 Å². The summed E-state index contributed by atoms with van der Waals surface area (Å²) in [5.41, 5.74) is -0.423. The van der Waals surface area contributed by atoms with Gasteiger partial charge in [-0.05, 0) is 38.4 Å². The number of nitrogens with zero attached hydrogens (tertiary/aromatic N) is 1. The molecule has 0 saturated carbocycles. The molecule has 1 aromatic carbocycles. The minimum absolute atomic E-state index is 0.141. The molecule has 2 rings (SSSR count). The van der Waals surface area contributed by atoms with E-state index in [9.17, 15) is 18.4 Å². The van der Waals surface area contributed by atoms with E-state index in [0.29, 0.717) is 5.76 Å². The molecule has 0 radical (unpaired) electrons. The first-order valence-electron chi connectivity index (χ1n) is 7.46. The molecule has 1 aromatic heterocycles. The zero-order valence-corrected chi connectivity index (χ0v) is 13.8. The fourth-order valence-electron chi connectivity index (χ4n) is 2.22. The molecule has 8 heteroatoms. The third-order valence-corrected chi connectivity index (χ3v) is 3.40. The summed E-state index contributed by atoms with van der Waals surface area (Å²) in [5.74, 6) is -2.67. The van der Waals surface area contributed by atoms with Gasteiger partial charge in [-0.1, -0.05) is 6.07 Å². The van der Waals surface area contributed by atoms with Crippen LogP contribution in [0.2, 0.25) is 0 Å². The summed E-state index contributed by atoms with van der Waals surface area (Å²) in [5, 5.41) is 2.50.